The van der Waals surface area contributed by atoms with Crippen molar-refractivity contribution in [3.05, 3.63) is 0 Å². The Morgan fingerprint density at radius 3 is 2.45 bits per heavy atom. The molecule has 0 amide bonds. The molecule has 0 aliphatic heterocycles. The minimum absolute atomic E-state index is 0.0735. The number of carbonyl (C=O) groups excluding carboxylic acids is 1. The van der Waals surface area contributed by atoms with Crippen LogP contribution in [0.15, 0.2) is 0 Å². The van der Waals surface area contributed by atoms with E-state index >= 15 is 0 Å². The summed E-state index contributed by atoms with van der Waals surface area (Å²) in [6, 6.07) is 0. The number of nitrogens with one attached hydrogen (secondary N) is 1. The highest BCUT2D eigenvalue weighted by Gasteiger charge is 2.08. The molecule has 0 unspecified atom stereocenters. The number of rotatable bonds is 3. The zero-order valence-corrected chi connectivity index (χ0v) is 7.01. The summed E-state index contributed by atoms with van der Waals surface area (Å²) >= 11 is 0. The molecule has 11 heavy (non-hydrogen) atoms. The first kappa shape index (κ1) is 9.94. The Hall–Kier alpha value is -1.06. The molecule has 0 aliphatic rings. The van der Waals surface area contributed by atoms with Crippen molar-refractivity contribution < 1.29 is 14.3 Å². The predicted molar refractivity (Wildman–Crippen MR) is 40.6 cm³/mol. The molecule has 0 fully saturated rings. The summed E-state index contributed by atoms with van der Waals surface area (Å²) in [5, 5.41) is 6.99. The lowest BCUT2D eigenvalue weighted by molar-refractivity contribution is -0.146. The quantitative estimate of drug-likeness (QED) is 0.379. The average molecular weight is 159 g/mol. The van der Waals surface area contributed by atoms with Crippen molar-refractivity contribution in [1.29, 1.82) is 5.41 Å². The lowest BCUT2D eigenvalue weighted by atomic mass is 10.4. The van der Waals surface area contributed by atoms with Gasteiger partial charge in [0.2, 0.25) is 0 Å². The fourth-order valence-electron chi connectivity index (χ4n) is 0.508. The minimum Gasteiger partial charge on any atom is -0.484 e. The average Bonchev–Trinajstić information content (AvgIpc) is 1.85. The van der Waals surface area contributed by atoms with Crippen LogP contribution >= 0.6 is 0 Å². The van der Waals surface area contributed by atoms with Gasteiger partial charge in [-0.1, -0.05) is 0 Å². The second-order valence-corrected chi connectivity index (χ2v) is 2.34. The van der Waals surface area contributed by atoms with Crippen LogP contribution in [0.4, 0.5) is 0 Å². The molecule has 0 bridgehead atoms. The van der Waals surface area contributed by atoms with Gasteiger partial charge in [-0.25, -0.2) is 0 Å². The molecule has 0 radical (unpaired) electrons. The summed E-state index contributed by atoms with van der Waals surface area (Å²) in [6.45, 7) is 3.52. The Morgan fingerprint density at radius 2 is 2.09 bits per heavy atom. The van der Waals surface area contributed by atoms with Crippen molar-refractivity contribution in [2.24, 2.45) is 0 Å². The van der Waals surface area contributed by atoms with E-state index in [2.05, 4.69) is 4.74 Å². The second kappa shape index (κ2) is 4.71. The smallest absolute Gasteiger partial charge is 0.315 e. The van der Waals surface area contributed by atoms with Gasteiger partial charge in [0.25, 0.3) is 0 Å². The van der Waals surface area contributed by atoms with Crippen LogP contribution in [0.2, 0.25) is 0 Å². The van der Waals surface area contributed by atoms with Crippen molar-refractivity contribution in [1.82, 2.24) is 0 Å². The van der Waals surface area contributed by atoms with Crippen LogP contribution in [0.3, 0.4) is 0 Å². The van der Waals surface area contributed by atoms with Crippen LogP contribution in [0.1, 0.15) is 20.3 Å². The number of hydrogen-bond donors (Lipinski definition) is 1. The molecule has 0 heterocycles. The SMILES string of the molecule is COC(=N)CC(=O)OC(C)C. The molecule has 0 rings (SSSR count). The fourth-order valence-corrected chi connectivity index (χ4v) is 0.508. The topological polar surface area (TPSA) is 59.4 Å². The highest BCUT2D eigenvalue weighted by molar-refractivity contribution is 5.92. The van der Waals surface area contributed by atoms with Gasteiger partial charge in [0.05, 0.1) is 13.2 Å². The maximum Gasteiger partial charge on any atom is 0.315 e. The molecule has 0 aromatic heterocycles. The Bertz CT molecular complexity index is 154. The van der Waals surface area contributed by atoms with Crippen LogP contribution in [-0.4, -0.2) is 25.1 Å². The molecule has 0 aliphatic carbocycles. The van der Waals surface area contributed by atoms with Crippen LogP contribution in [0.5, 0.6) is 0 Å². The zero-order valence-electron chi connectivity index (χ0n) is 7.01. The lowest BCUT2D eigenvalue weighted by Gasteiger charge is -2.07. The van der Waals surface area contributed by atoms with Gasteiger partial charge in [0.15, 0.2) is 5.90 Å². The van der Waals surface area contributed by atoms with Crippen molar-refractivity contribution in [2.45, 2.75) is 26.4 Å². The molecule has 0 spiro atoms. The number of ether oxygens (including phenoxy) is 2. The maximum atomic E-state index is 10.8. The summed E-state index contributed by atoms with van der Waals surface area (Å²) < 4.78 is 9.25. The number of carbonyl (C=O) groups is 1. The lowest BCUT2D eigenvalue weighted by Crippen LogP contribution is -2.15. The van der Waals surface area contributed by atoms with Gasteiger partial charge in [0.1, 0.15) is 6.42 Å². The van der Waals surface area contributed by atoms with Crippen molar-refractivity contribution in [2.75, 3.05) is 7.11 Å². The zero-order chi connectivity index (χ0) is 8.85. The standard InChI is InChI=1S/C7H13NO3/c1-5(2)11-7(9)4-6(8)10-3/h5,8H,4H2,1-3H3. The molecular formula is C7H13NO3. The van der Waals surface area contributed by atoms with Crippen molar-refractivity contribution >= 4 is 11.9 Å². The van der Waals surface area contributed by atoms with Gasteiger partial charge in [-0.05, 0) is 13.8 Å². The van der Waals surface area contributed by atoms with E-state index < -0.39 is 5.97 Å². The Morgan fingerprint density at radius 1 is 1.55 bits per heavy atom. The molecule has 0 saturated carbocycles. The molecule has 4 heteroatoms. The number of esters is 1. The number of hydrogen-bond acceptors (Lipinski definition) is 4. The monoisotopic (exact) mass is 159 g/mol. The Balaban J connectivity index is 3.61. The molecule has 0 aromatic rings. The largest absolute Gasteiger partial charge is 0.484 e. The van der Waals surface area contributed by atoms with E-state index in [9.17, 15) is 4.79 Å². The molecule has 1 N–H and O–H groups in total. The summed E-state index contributed by atoms with van der Waals surface area (Å²) in [5.41, 5.74) is 0. The van der Waals surface area contributed by atoms with Gasteiger partial charge >= 0.3 is 5.97 Å². The van der Waals surface area contributed by atoms with Gasteiger partial charge in [-0.15, -0.1) is 0 Å². The fraction of sp³-hybridized carbons (Fsp3) is 0.714. The van der Waals surface area contributed by atoms with E-state index in [1.807, 2.05) is 0 Å². The van der Waals surface area contributed by atoms with E-state index in [-0.39, 0.29) is 18.4 Å². The first-order chi connectivity index (χ1) is 5.06. The molecule has 0 atom stereocenters. The van der Waals surface area contributed by atoms with Crippen LogP contribution in [-0.2, 0) is 14.3 Å². The van der Waals surface area contributed by atoms with Gasteiger partial charge in [0, 0.05) is 0 Å². The highest BCUT2D eigenvalue weighted by Crippen LogP contribution is 1.94. The summed E-state index contributed by atoms with van der Waals surface area (Å²) in [6.07, 6.45) is -0.221. The predicted octanol–water partition coefficient (Wildman–Crippen LogP) is 0.952. The van der Waals surface area contributed by atoms with Crippen molar-refractivity contribution in [3.8, 4) is 0 Å². The number of methoxy groups -OCH3 is 1. The van der Waals surface area contributed by atoms with Gasteiger partial charge < -0.3 is 9.47 Å². The second-order valence-electron chi connectivity index (χ2n) is 2.34. The molecule has 4 nitrogen and oxygen atoms in total. The molecule has 0 saturated heterocycles. The first-order valence-corrected chi connectivity index (χ1v) is 3.37. The highest BCUT2D eigenvalue weighted by atomic mass is 16.5. The summed E-state index contributed by atoms with van der Waals surface area (Å²) in [5.74, 6) is -0.498. The van der Waals surface area contributed by atoms with Gasteiger partial charge in [-0.3, -0.25) is 10.2 Å². The van der Waals surface area contributed by atoms with Gasteiger partial charge in [-0.2, -0.15) is 0 Å². The summed E-state index contributed by atoms with van der Waals surface area (Å²) in [4.78, 5) is 10.8. The van der Waals surface area contributed by atoms with Crippen LogP contribution in [0, 0.1) is 5.41 Å². The third-order valence-corrected chi connectivity index (χ3v) is 0.918. The third kappa shape index (κ3) is 5.39. The maximum absolute atomic E-state index is 10.8. The molecule has 64 valence electrons. The molecule has 0 aromatic carbocycles. The minimum atomic E-state index is -0.424. The van der Waals surface area contributed by atoms with Crippen LogP contribution in [0.25, 0.3) is 0 Å². The third-order valence-electron chi connectivity index (χ3n) is 0.918. The normalized spacial score (nSPS) is 9.45. The van der Waals surface area contributed by atoms with E-state index in [1.54, 1.807) is 13.8 Å². The van der Waals surface area contributed by atoms with E-state index in [0.29, 0.717) is 0 Å². The van der Waals surface area contributed by atoms with E-state index in [0.717, 1.165) is 0 Å². The van der Waals surface area contributed by atoms with E-state index in [1.165, 1.54) is 7.11 Å². The van der Waals surface area contributed by atoms with Crippen LogP contribution < -0.4 is 0 Å². The Labute approximate surface area is 66.0 Å². The van der Waals surface area contributed by atoms with E-state index in [4.69, 9.17) is 10.1 Å². The molecular weight excluding hydrogens is 146 g/mol. The Kier molecular flexibility index (Phi) is 4.26. The first-order valence-electron chi connectivity index (χ1n) is 3.37. The van der Waals surface area contributed by atoms with Crippen molar-refractivity contribution in [3.63, 3.8) is 0 Å². The summed E-state index contributed by atoms with van der Waals surface area (Å²) in [7, 11) is 1.35.